The highest BCUT2D eigenvalue weighted by Gasteiger charge is 2.07. The van der Waals surface area contributed by atoms with Crippen LogP contribution in [0.2, 0.25) is 0 Å². The Balaban J connectivity index is 0.00000200. The number of benzene rings is 1. The first-order chi connectivity index (χ1) is 9.15. The summed E-state index contributed by atoms with van der Waals surface area (Å²) < 4.78 is 15.2. The number of halogens is 2. The Morgan fingerprint density at radius 3 is 2.80 bits per heavy atom. The van der Waals surface area contributed by atoms with Gasteiger partial charge in [-0.15, -0.1) is 24.0 Å². The van der Waals surface area contributed by atoms with E-state index in [9.17, 15) is 4.39 Å². The molecule has 0 aliphatic carbocycles. The van der Waals surface area contributed by atoms with Crippen LogP contribution < -0.4 is 10.6 Å². The fraction of sp³-hybridized carbons (Fsp3) is 0.357. The maximum absolute atomic E-state index is 13.2. The lowest BCUT2D eigenvalue weighted by molar-refractivity contribution is 0.629. The predicted molar refractivity (Wildman–Crippen MR) is 92.4 cm³/mol. The van der Waals surface area contributed by atoms with Crippen LogP contribution in [0.3, 0.4) is 0 Å². The number of fused-ring (bicyclic) bond motifs is 1. The molecule has 0 bridgehead atoms. The van der Waals surface area contributed by atoms with Crippen molar-refractivity contribution in [2.75, 3.05) is 20.6 Å². The standard InChI is InChI=1S/C14H19FN4.HI/c1-16-14(17-2)18-7-6-10-9-19(3)13-8-11(15)4-5-12(10)13;/h4-5,8-9H,6-7H2,1-3H3,(H2,16,17,18);1H. The monoisotopic (exact) mass is 390 g/mol. The maximum atomic E-state index is 13.2. The first-order valence-electron chi connectivity index (χ1n) is 6.27. The van der Waals surface area contributed by atoms with Crippen molar-refractivity contribution in [2.24, 2.45) is 12.0 Å². The van der Waals surface area contributed by atoms with E-state index in [1.54, 1.807) is 13.1 Å². The Kier molecular flexibility index (Phi) is 6.25. The summed E-state index contributed by atoms with van der Waals surface area (Å²) in [6.45, 7) is 0.782. The summed E-state index contributed by atoms with van der Waals surface area (Å²) in [5, 5.41) is 7.28. The first kappa shape index (κ1) is 16.7. The molecule has 4 nitrogen and oxygen atoms in total. The van der Waals surface area contributed by atoms with Crippen LogP contribution in [0.5, 0.6) is 0 Å². The van der Waals surface area contributed by atoms with E-state index in [2.05, 4.69) is 15.6 Å². The third kappa shape index (κ3) is 3.62. The van der Waals surface area contributed by atoms with Gasteiger partial charge in [0, 0.05) is 39.3 Å². The van der Waals surface area contributed by atoms with E-state index in [0.717, 1.165) is 29.8 Å². The second-order valence-electron chi connectivity index (χ2n) is 4.43. The molecular weight excluding hydrogens is 370 g/mol. The molecule has 0 radical (unpaired) electrons. The molecule has 2 rings (SSSR count). The summed E-state index contributed by atoms with van der Waals surface area (Å²) >= 11 is 0. The first-order valence-corrected chi connectivity index (χ1v) is 6.27. The minimum absolute atomic E-state index is 0. The number of hydrogen-bond acceptors (Lipinski definition) is 1. The van der Waals surface area contributed by atoms with Crippen molar-refractivity contribution in [1.29, 1.82) is 0 Å². The number of nitrogens with zero attached hydrogens (tertiary/aromatic N) is 2. The quantitative estimate of drug-likeness (QED) is 0.480. The normalized spacial score (nSPS) is 11.3. The lowest BCUT2D eigenvalue weighted by atomic mass is 10.1. The lowest BCUT2D eigenvalue weighted by Crippen LogP contribution is -2.35. The fourth-order valence-corrected chi connectivity index (χ4v) is 2.24. The molecule has 0 unspecified atom stereocenters. The number of guanidine groups is 1. The molecule has 1 aromatic heterocycles. The Labute approximate surface area is 135 Å². The average Bonchev–Trinajstić information content (AvgIpc) is 2.71. The largest absolute Gasteiger partial charge is 0.359 e. The van der Waals surface area contributed by atoms with Gasteiger partial charge < -0.3 is 15.2 Å². The minimum Gasteiger partial charge on any atom is -0.359 e. The summed E-state index contributed by atoms with van der Waals surface area (Å²) in [5.41, 5.74) is 2.13. The van der Waals surface area contributed by atoms with Crippen LogP contribution in [0.15, 0.2) is 29.4 Å². The average molecular weight is 390 g/mol. The Morgan fingerprint density at radius 2 is 2.15 bits per heavy atom. The molecule has 0 saturated carbocycles. The highest BCUT2D eigenvalue weighted by Crippen LogP contribution is 2.21. The Morgan fingerprint density at radius 1 is 1.40 bits per heavy atom. The molecule has 0 spiro atoms. The van der Waals surface area contributed by atoms with Crippen molar-refractivity contribution < 1.29 is 4.39 Å². The SMILES string of the molecule is CN=C(NC)NCCc1cn(C)c2cc(F)ccc12.I. The molecule has 0 aliphatic heterocycles. The summed E-state index contributed by atoms with van der Waals surface area (Å²) in [6, 6.07) is 4.91. The molecule has 2 aromatic rings. The van der Waals surface area contributed by atoms with Gasteiger partial charge in [0.15, 0.2) is 5.96 Å². The highest BCUT2D eigenvalue weighted by molar-refractivity contribution is 14.0. The van der Waals surface area contributed by atoms with E-state index < -0.39 is 0 Å². The number of hydrogen-bond donors (Lipinski definition) is 2. The highest BCUT2D eigenvalue weighted by atomic mass is 127. The number of aliphatic imine (C=N–C) groups is 1. The predicted octanol–water partition coefficient (Wildman–Crippen LogP) is 2.27. The van der Waals surface area contributed by atoms with E-state index in [4.69, 9.17) is 0 Å². The summed E-state index contributed by atoms with van der Waals surface area (Å²) in [5.74, 6) is 0.570. The van der Waals surface area contributed by atoms with Crippen molar-refractivity contribution in [2.45, 2.75) is 6.42 Å². The molecular formula is C14H20FIN4. The van der Waals surface area contributed by atoms with Crippen LogP contribution in [0.4, 0.5) is 4.39 Å². The Hall–Kier alpha value is -1.31. The van der Waals surface area contributed by atoms with Crippen LogP contribution in [0.25, 0.3) is 10.9 Å². The van der Waals surface area contributed by atoms with Crippen LogP contribution in [0, 0.1) is 5.82 Å². The molecule has 0 saturated heterocycles. The van der Waals surface area contributed by atoms with E-state index >= 15 is 0 Å². The molecule has 110 valence electrons. The molecule has 0 atom stereocenters. The summed E-state index contributed by atoms with van der Waals surface area (Å²) in [4.78, 5) is 4.06. The molecule has 20 heavy (non-hydrogen) atoms. The third-order valence-corrected chi connectivity index (χ3v) is 3.18. The smallest absolute Gasteiger partial charge is 0.190 e. The number of rotatable bonds is 3. The van der Waals surface area contributed by atoms with Gasteiger partial charge in [-0.05, 0) is 30.2 Å². The molecule has 0 aliphatic rings. The second-order valence-corrected chi connectivity index (χ2v) is 4.43. The van der Waals surface area contributed by atoms with E-state index in [0.29, 0.717) is 0 Å². The van der Waals surface area contributed by atoms with E-state index in [-0.39, 0.29) is 29.8 Å². The van der Waals surface area contributed by atoms with Gasteiger partial charge in [-0.2, -0.15) is 0 Å². The molecule has 1 aromatic carbocycles. The van der Waals surface area contributed by atoms with Gasteiger partial charge >= 0.3 is 0 Å². The fourth-order valence-electron chi connectivity index (χ4n) is 2.24. The van der Waals surface area contributed by atoms with Crippen LogP contribution >= 0.6 is 24.0 Å². The zero-order valence-corrected chi connectivity index (χ0v) is 14.2. The molecule has 0 amide bonds. The van der Waals surface area contributed by atoms with Gasteiger partial charge in [0.25, 0.3) is 0 Å². The number of aryl methyl sites for hydroxylation is 1. The second kappa shape index (κ2) is 7.47. The lowest BCUT2D eigenvalue weighted by Gasteiger charge is -2.07. The van der Waals surface area contributed by atoms with Crippen molar-refractivity contribution in [3.05, 3.63) is 35.8 Å². The number of aromatic nitrogens is 1. The van der Waals surface area contributed by atoms with Gasteiger partial charge in [-0.1, -0.05) is 0 Å². The van der Waals surface area contributed by atoms with Crippen LogP contribution in [-0.4, -0.2) is 31.2 Å². The van der Waals surface area contributed by atoms with Gasteiger partial charge in [0.2, 0.25) is 0 Å². The van der Waals surface area contributed by atoms with Gasteiger partial charge in [-0.25, -0.2) is 4.39 Å². The number of nitrogens with one attached hydrogen (secondary N) is 2. The molecule has 6 heteroatoms. The van der Waals surface area contributed by atoms with Gasteiger partial charge in [0.05, 0.1) is 5.52 Å². The molecule has 0 fully saturated rings. The van der Waals surface area contributed by atoms with Crippen molar-refractivity contribution in [3.63, 3.8) is 0 Å². The van der Waals surface area contributed by atoms with E-state index in [1.165, 1.54) is 11.6 Å². The van der Waals surface area contributed by atoms with E-state index in [1.807, 2.05) is 30.9 Å². The molecule has 1 heterocycles. The Bertz CT molecular complexity index is 606. The summed E-state index contributed by atoms with van der Waals surface area (Å²) in [7, 11) is 5.50. The minimum atomic E-state index is -0.200. The van der Waals surface area contributed by atoms with Gasteiger partial charge in [0.1, 0.15) is 5.82 Å². The molecule has 2 N–H and O–H groups in total. The maximum Gasteiger partial charge on any atom is 0.190 e. The van der Waals surface area contributed by atoms with Crippen LogP contribution in [0.1, 0.15) is 5.56 Å². The third-order valence-electron chi connectivity index (χ3n) is 3.18. The van der Waals surface area contributed by atoms with Crippen molar-refractivity contribution in [3.8, 4) is 0 Å². The van der Waals surface area contributed by atoms with Gasteiger partial charge in [-0.3, -0.25) is 4.99 Å². The van der Waals surface area contributed by atoms with Crippen molar-refractivity contribution >= 4 is 40.8 Å². The zero-order valence-electron chi connectivity index (χ0n) is 11.9. The van der Waals surface area contributed by atoms with Crippen LogP contribution in [-0.2, 0) is 13.5 Å². The zero-order chi connectivity index (χ0) is 13.8. The summed E-state index contributed by atoms with van der Waals surface area (Å²) in [6.07, 6.45) is 2.91. The topological polar surface area (TPSA) is 41.4 Å². The van der Waals surface area contributed by atoms with Crippen molar-refractivity contribution in [1.82, 2.24) is 15.2 Å².